The van der Waals surface area contributed by atoms with E-state index in [9.17, 15) is 13.6 Å². The van der Waals surface area contributed by atoms with Crippen LogP contribution >= 0.6 is 0 Å². The predicted molar refractivity (Wildman–Crippen MR) is 104 cm³/mol. The smallest absolute Gasteiger partial charge is 0.278 e. The first-order chi connectivity index (χ1) is 13.9. The van der Waals surface area contributed by atoms with E-state index in [0.29, 0.717) is 18.5 Å². The van der Waals surface area contributed by atoms with Crippen LogP contribution in [0.15, 0.2) is 18.2 Å². The molecule has 0 unspecified atom stereocenters. The Bertz CT molecular complexity index is 784. The topological polar surface area (TPSA) is 60.7 Å². The molecule has 4 aliphatic carbocycles. The molecule has 156 valence electrons. The van der Waals surface area contributed by atoms with Crippen molar-refractivity contribution in [3.8, 4) is 6.07 Å². The zero-order chi connectivity index (χ0) is 20.6. The van der Waals surface area contributed by atoms with Crippen LogP contribution in [0.1, 0.15) is 63.5 Å². The van der Waals surface area contributed by atoms with Crippen LogP contribution in [0.5, 0.6) is 0 Å². The van der Waals surface area contributed by atoms with E-state index in [0.717, 1.165) is 43.1 Å². The molecule has 0 spiro atoms. The maximum Gasteiger partial charge on any atom is 0.278 e. The molecule has 1 amide bonds. The summed E-state index contributed by atoms with van der Waals surface area (Å²) in [4.78, 5) is 15.3. The molecule has 0 heterocycles. The number of benzene rings is 1. The zero-order valence-corrected chi connectivity index (χ0v) is 17.0. The quantitative estimate of drug-likeness (QED) is 0.761. The van der Waals surface area contributed by atoms with Crippen LogP contribution < -0.4 is 5.32 Å². The van der Waals surface area contributed by atoms with Crippen LogP contribution in [0.25, 0.3) is 0 Å². The van der Waals surface area contributed by atoms with E-state index in [2.05, 4.69) is 6.07 Å². The second kappa shape index (κ2) is 8.02. The van der Waals surface area contributed by atoms with Crippen LogP contribution in [0.3, 0.4) is 0 Å². The fraction of sp³-hybridized carbons (Fsp3) is 0.652. The summed E-state index contributed by atoms with van der Waals surface area (Å²) in [6.45, 7) is 2.65. The lowest BCUT2D eigenvalue weighted by atomic mass is 9.52. The first kappa shape index (κ1) is 20.3. The lowest BCUT2D eigenvalue weighted by molar-refractivity contribution is -0.683. The Morgan fingerprint density at radius 2 is 1.83 bits per heavy atom. The van der Waals surface area contributed by atoms with Crippen molar-refractivity contribution >= 4 is 5.91 Å². The number of halogens is 2. The van der Waals surface area contributed by atoms with Gasteiger partial charge in [-0.15, -0.1) is 0 Å². The Kier molecular flexibility index (Phi) is 5.61. The van der Waals surface area contributed by atoms with Crippen molar-refractivity contribution in [1.82, 2.24) is 4.90 Å². The van der Waals surface area contributed by atoms with Gasteiger partial charge in [0, 0.05) is 17.6 Å². The molecular formula is C23H30F2N3O+. The van der Waals surface area contributed by atoms with Crippen molar-refractivity contribution in [2.45, 2.75) is 63.5 Å². The summed E-state index contributed by atoms with van der Waals surface area (Å²) in [7, 11) is 0. The van der Waals surface area contributed by atoms with Gasteiger partial charge in [-0.25, -0.2) is 8.78 Å². The lowest BCUT2D eigenvalue weighted by Crippen LogP contribution is -2.87. The molecule has 0 radical (unpaired) electrons. The van der Waals surface area contributed by atoms with Gasteiger partial charge in [-0.05, 0) is 81.4 Å². The first-order valence-electron chi connectivity index (χ1n) is 10.9. The summed E-state index contributed by atoms with van der Waals surface area (Å²) in [5, 5.41) is 11.0. The van der Waals surface area contributed by atoms with Gasteiger partial charge in [0.2, 0.25) is 0 Å². The third-order valence-electron chi connectivity index (χ3n) is 7.44. The molecule has 4 nitrogen and oxygen atoms in total. The van der Waals surface area contributed by atoms with Gasteiger partial charge >= 0.3 is 0 Å². The number of carbonyl (C=O) groups is 1. The number of nitriles is 1. The molecule has 5 rings (SSSR count). The standard InChI is InChI=1S/C23H29F2N3O/c1-15(19-3-4-20(24)21(25)10-19)27-14-22(29)28(6-2-5-26)23-11-16-7-17(12-23)9-18(8-16)13-23/h3-4,10,15-18,27H,2,6-9,11-14H2,1H3/p+1/t15-,16?,17?,18?,23?/m1/s1. The van der Waals surface area contributed by atoms with Gasteiger partial charge in [0.25, 0.3) is 5.91 Å². The molecule has 2 N–H and O–H groups in total. The van der Waals surface area contributed by atoms with Gasteiger partial charge in [0.1, 0.15) is 6.04 Å². The van der Waals surface area contributed by atoms with E-state index in [1.807, 2.05) is 17.1 Å². The second-order valence-corrected chi connectivity index (χ2v) is 9.50. The molecule has 6 heteroatoms. The highest BCUT2D eigenvalue weighted by Crippen LogP contribution is 2.57. The van der Waals surface area contributed by atoms with Crippen LogP contribution in [-0.2, 0) is 4.79 Å². The summed E-state index contributed by atoms with van der Waals surface area (Å²) in [6, 6.07) is 5.95. The predicted octanol–water partition coefficient (Wildman–Crippen LogP) is 3.30. The minimum absolute atomic E-state index is 0.0663. The van der Waals surface area contributed by atoms with Gasteiger partial charge in [-0.2, -0.15) is 5.26 Å². The van der Waals surface area contributed by atoms with E-state index in [1.54, 1.807) is 6.07 Å². The lowest BCUT2D eigenvalue weighted by Gasteiger charge is -2.60. The minimum atomic E-state index is -0.863. The molecule has 4 fully saturated rings. The summed E-state index contributed by atoms with van der Waals surface area (Å²) >= 11 is 0. The SMILES string of the molecule is C[C@@H]([NH2+]CC(=O)N(CCC#N)C12CC3CC(CC(C3)C1)C2)c1ccc(F)c(F)c1. The van der Waals surface area contributed by atoms with Crippen molar-refractivity contribution in [2.24, 2.45) is 17.8 Å². The third kappa shape index (κ3) is 4.02. The van der Waals surface area contributed by atoms with Gasteiger partial charge in [-0.3, -0.25) is 4.79 Å². The van der Waals surface area contributed by atoms with E-state index in [-0.39, 0.29) is 24.0 Å². The summed E-state index contributed by atoms with van der Waals surface area (Å²) in [5.74, 6) is 0.521. The number of carbonyl (C=O) groups excluding carboxylic acids is 1. The highest BCUT2D eigenvalue weighted by Gasteiger charge is 2.54. The Morgan fingerprint density at radius 3 is 2.38 bits per heavy atom. The Morgan fingerprint density at radius 1 is 1.21 bits per heavy atom. The van der Waals surface area contributed by atoms with E-state index in [4.69, 9.17) is 5.26 Å². The van der Waals surface area contributed by atoms with Crippen LogP contribution in [0.4, 0.5) is 8.78 Å². The van der Waals surface area contributed by atoms with Crippen LogP contribution in [0, 0.1) is 40.7 Å². The summed E-state index contributed by atoms with van der Waals surface area (Å²) < 4.78 is 26.7. The van der Waals surface area contributed by atoms with Crippen molar-refractivity contribution in [2.75, 3.05) is 13.1 Å². The Labute approximate surface area is 171 Å². The van der Waals surface area contributed by atoms with Gasteiger partial charge in [0.05, 0.1) is 12.5 Å². The van der Waals surface area contributed by atoms with Crippen molar-refractivity contribution in [3.05, 3.63) is 35.4 Å². The summed E-state index contributed by atoms with van der Waals surface area (Å²) in [6.07, 6.45) is 7.50. The Hall–Kier alpha value is -2.00. The van der Waals surface area contributed by atoms with Gasteiger partial charge < -0.3 is 10.2 Å². The van der Waals surface area contributed by atoms with Crippen molar-refractivity contribution < 1.29 is 18.9 Å². The first-order valence-corrected chi connectivity index (χ1v) is 10.9. The summed E-state index contributed by atoms with van der Waals surface area (Å²) in [5.41, 5.74) is 0.594. The average Bonchev–Trinajstić information content (AvgIpc) is 2.67. The zero-order valence-electron chi connectivity index (χ0n) is 17.0. The number of hydrogen-bond donors (Lipinski definition) is 1. The van der Waals surface area contributed by atoms with Crippen molar-refractivity contribution in [3.63, 3.8) is 0 Å². The molecule has 0 aromatic heterocycles. The van der Waals surface area contributed by atoms with Crippen LogP contribution in [-0.4, -0.2) is 29.4 Å². The van der Waals surface area contributed by atoms with E-state index < -0.39 is 11.6 Å². The van der Waals surface area contributed by atoms with E-state index in [1.165, 1.54) is 25.3 Å². The molecule has 4 aliphatic rings. The molecule has 1 aromatic rings. The largest absolute Gasteiger partial charge is 0.333 e. The number of nitrogens with zero attached hydrogens (tertiary/aromatic N) is 2. The molecule has 1 aromatic carbocycles. The number of quaternary nitrogens is 1. The van der Waals surface area contributed by atoms with E-state index >= 15 is 0 Å². The monoisotopic (exact) mass is 402 g/mol. The maximum absolute atomic E-state index is 13.5. The molecule has 4 bridgehead atoms. The van der Waals surface area contributed by atoms with Gasteiger partial charge in [0.15, 0.2) is 18.2 Å². The second-order valence-electron chi connectivity index (χ2n) is 9.50. The number of rotatable bonds is 7. The average molecular weight is 403 g/mol. The van der Waals surface area contributed by atoms with Gasteiger partial charge in [-0.1, -0.05) is 0 Å². The highest BCUT2D eigenvalue weighted by atomic mass is 19.2. The highest BCUT2D eigenvalue weighted by molar-refractivity contribution is 5.78. The number of nitrogens with two attached hydrogens (primary N) is 1. The number of hydrogen-bond acceptors (Lipinski definition) is 2. The Balaban J connectivity index is 1.45. The normalized spacial score (nSPS) is 30.8. The molecule has 0 aliphatic heterocycles. The fourth-order valence-corrected chi connectivity index (χ4v) is 6.50. The molecule has 1 atom stereocenters. The number of amides is 1. The molecule has 29 heavy (non-hydrogen) atoms. The molecule has 4 saturated carbocycles. The fourth-order valence-electron chi connectivity index (χ4n) is 6.50. The van der Waals surface area contributed by atoms with Crippen LogP contribution in [0.2, 0.25) is 0 Å². The maximum atomic E-state index is 13.5. The minimum Gasteiger partial charge on any atom is -0.333 e. The van der Waals surface area contributed by atoms with Crippen molar-refractivity contribution in [1.29, 1.82) is 5.26 Å². The third-order valence-corrected chi connectivity index (χ3v) is 7.44. The molecule has 0 saturated heterocycles. The molecular weight excluding hydrogens is 372 g/mol.